The zero-order valence-electron chi connectivity index (χ0n) is 7.22. The first-order chi connectivity index (χ1) is 4.55. The zero-order valence-corrected chi connectivity index (χ0v) is 7.22. The summed E-state index contributed by atoms with van der Waals surface area (Å²) in [4.78, 5) is 0. The van der Waals surface area contributed by atoms with Crippen LogP contribution in [0.1, 0.15) is 33.6 Å². The molecule has 1 N–H and O–H groups in total. The smallest absolute Gasteiger partial charge is 0.0459 e. The fourth-order valence-corrected chi connectivity index (χ4v) is 1.91. The van der Waals surface area contributed by atoms with Crippen LogP contribution in [-0.4, -0.2) is 11.7 Å². The van der Waals surface area contributed by atoms with E-state index in [0.717, 1.165) is 5.92 Å². The molecule has 1 nitrogen and oxygen atoms in total. The highest BCUT2D eigenvalue weighted by Crippen LogP contribution is 2.47. The predicted octanol–water partition coefficient (Wildman–Crippen LogP) is 2.05. The molecule has 0 unspecified atom stereocenters. The summed E-state index contributed by atoms with van der Waals surface area (Å²) in [6.45, 7) is 7.10. The van der Waals surface area contributed by atoms with Gasteiger partial charge in [-0.2, -0.15) is 0 Å². The Bertz CT molecular complexity index is 110. The van der Waals surface area contributed by atoms with E-state index in [1.165, 1.54) is 12.8 Å². The Hall–Kier alpha value is -0.0400. The lowest BCUT2D eigenvalue weighted by molar-refractivity contribution is 0.0318. The standard InChI is InChI=1S/C9H18O/c1-7(6-10)8-4-9(2,3)5-8/h7-8,10H,4-6H2,1-3H3/t7-/m1/s1. The molecule has 1 saturated carbocycles. The van der Waals surface area contributed by atoms with Crippen LogP contribution in [0.25, 0.3) is 0 Å². The summed E-state index contributed by atoms with van der Waals surface area (Å²) in [5.41, 5.74) is 0.564. The Morgan fingerprint density at radius 2 is 2.00 bits per heavy atom. The molecule has 0 aromatic heterocycles. The average molecular weight is 142 g/mol. The van der Waals surface area contributed by atoms with Crippen molar-refractivity contribution in [2.75, 3.05) is 6.61 Å². The highest BCUT2D eigenvalue weighted by atomic mass is 16.3. The lowest BCUT2D eigenvalue weighted by Gasteiger charge is -2.45. The molecule has 60 valence electrons. The molecule has 1 fully saturated rings. The lowest BCUT2D eigenvalue weighted by Crippen LogP contribution is -2.36. The highest BCUT2D eigenvalue weighted by Gasteiger charge is 2.38. The summed E-state index contributed by atoms with van der Waals surface area (Å²) in [5.74, 6) is 1.31. The normalized spacial score (nSPS) is 27.6. The van der Waals surface area contributed by atoms with E-state index in [-0.39, 0.29) is 0 Å². The largest absolute Gasteiger partial charge is 0.396 e. The third kappa shape index (κ3) is 1.51. The van der Waals surface area contributed by atoms with Crippen molar-refractivity contribution in [2.24, 2.45) is 17.3 Å². The fraction of sp³-hybridized carbons (Fsp3) is 1.00. The Balaban J connectivity index is 2.26. The molecule has 0 aromatic rings. The number of aliphatic hydroxyl groups excluding tert-OH is 1. The third-order valence-corrected chi connectivity index (χ3v) is 2.72. The molecule has 10 heavy (non-hydrogen) atoms. The van der Waals surface area contributed by atoms with Gasteiger partial charge >= 0.3 is 0 Å². The van der Waals surface area contributed by atoms with E-state index < -0.39 is 0 Å². The van der Waals surface area contributed by atoms with Crippen molar-refractivity contribution in [3.05, 3.63) is 0 Å². The van der Waals surface area contributed by atoms with E-state index in [0.29, 0.717) is 17.9 Å². The SMILES string of the molecule is C[C@H](CO)C1CC(C)(C)C1. The molecule has 0 radical (unpaired) electrons. The second kappa shape index (κ2) is 2.54. The van der Waals surface area contributed by atoms with Crippen LogP contribution >= 0.6 is 0 Å². The van der Waals surface area contributed by atoms with Crippen molar-refractivity contribution < 1.29 is 5.11 Å². The maximum absolute atomic E-state index is 8.84. The Morgan fingerprint density at radius 1 is 1.50 bits per heavy atom. The van der Waals surface area contributed by atoms with E-state index >= 15 is 0 Å². The van der Waals surface area contributed by atoms with E-state index in [1.54, 1.807) is 0 Å². The molecule has 0 heterocycles. The van der Waals surface area contributed by atoms with E-state index in [9.17, 15) is 0 Å². The first-order valence-corrected chi connectivity index (χ1v) is 4.16. The quantitative estimate of drug-likeness (QED) is 0.625. The third-order valence-electron chi connectivity index (χ3n) is 2.72. The lowest BCUT2D eigenvalue weighted by atomic mass is 9.61. The van der Waals surface area contributed by atoms with Gasteiger partial charge < -0.3 is 5.11 Å². The second-order valence-electron chi connectivity index (χ2n) is 4.49. The van der Waals surface area contributed by atoms with Crippen molar-refractivity contribution in [3.63, 3.8) is 0 Å². The summed E-state index contributed by atoms with van der Waals surface area (Å²) in [7, 11) is 0. The van der Waals surface area contributed by atoms with Crippen LogP contribution in [0.4, 0.5) is 0 Å². The minimum atomic E-state index is 0.362. The number of rotatable bonds is 2. The highest BCUT2D eigenvalue weighted by molar-refractivity contribution is 4.88. The molecule has 0 spiro atoms. The van der Waals surface area contributed by atoms with Gasteiger partial charge in [0.05, 0.1) is 0 Å². The molecule has 1 heteroatoms. The predicted molar refractivity (Wildman–Crippen MR) is 42.8 cm³/mol. The van der Waals surface area contributed by atoms with Crippen molar-refractivity contribution in [3.8, 4) is 0 Å². The van der Waals surface area contributed by atoms with Crippen molar-refractivity contribution in [2.45, 2.75) is 33.6 Å². The second-order valence-corrected chi connectivity index (χ2v) is 4.49. The van der Waals surface area contributed by atoms with Gasteiger partial charge in [-0.1, -0.05) is 20.8 Å². The molecule has 0 amide bonds. The van der Waals surface area contributed by atoms with Crippen molar-refractivity contribution in [1.29, 1.82) is 0 Å². The first-order valence-electron chi connectivity index (χ1n) is 4.16. The molecule has 0 aromatic carbocycles. The molecule has 1 atom stereocenters. The molecule has 1 aliphatic rings. The summed E-state index contributed by atoms with van der Waals surface area (Å²) in [6, 6.07) is 0. The van der Waals surface area contributed by atoms with Gasteiger partial charge in [0.1, 0.15) is 0 Å². The summed E-state index contributed by atoms with van der Waals surface area (Å²) < 4.78 is 0. The Labute approximate surface area is 63.4 Å². The van der Waals surface area contributed by atoms with Crippen LogP contribution in [-0.2, 0) is 0 Å². The molecular formula is C9H18O. The maximum atomic E-state index is 8.84. The van der Waals surface area contributed by atoms with Crippen LogP contribution in [0.5, 0.6) is 0 Å². The van der Waals surface area contributed by atoms with Crippen molar-refractivity contribution in [1.82, 2.24) is 0 Å². The zero-order chi connectivity index (χ0) is 7.78. The molecule has 0 saturated heterocycles. The molecule has 1 aliphatic carbocycles. The number of hydrogen-bond donors (Lipinski definition) is 1. The van der Waals surface area contributed by atoms with Crippen molar-refractivity contribution >= 4 is 0 Å². The van der Waals surface area contributed by atoms with Crippen LogP contribution < -0.4 is 0 Å². The molecule has 0 bridgehead atoms. The van der Waals surface area contributed by atoms with Crippen LogP contribution in [0.15, 0.2) is 0 Å². The number of hydrogen-bond acceptors (Lipinski definition) is 1. The molecule has 0 aliphatic heterocycles. The van der Waals surface area contributed by atoms with Crippen LogP contribution in [0, 0.1) is 17.3 Å². The van der Waals surface area contributed by atoms with E-state index in [4.69, 9.17) is 5.11 Å². The average Bonchev–Trinajstić information content (AvgIpc) is 1.81. The monoisotopic (exact) mass is 142 g/mol. The van der Waals surface area contributed by atoms with Gasteiger partial charge in [0.25, 0.3) is 0 Å². The number of aliphatic hydroxyl groups is 1. The fourth-order valence-electron chi connectivity index (χ4n) is 1.91. The van der Waals surface area contributed by atoms with Crippen LogP contribution in [0.2, 0.25) is 0 Å². The van der Waals surface area contributed by atoms with Gasteiger partial charge in [-0.15, -0.1) is 0 Å². The maximum Gasteiger partial charge on any atom is 0.0459 e. The Morgan fingerprint density at radius 3 is 2.30 bits per heavy atom. The first kappa shape index (κ1) is 8.06. The minimum absolute atomic E-state index is 0.362. The Kier molecular flexibility index (Phi) is 2.04. The van der Waals surface area contributed by atoms with Crippen LogP contribution in [0.3, 0.4) is 0 Å². The molecule has 1 rings (SSSR count). The molecular weight excluding hydrogens is 124 g/mol. The van der Waals surface area contributed by atoms with Gasteiger partial charge in [0, 0.05) is 6.61 Å². The van der Waals surface area contributed by atoms with E-state index in [1.807, 2.05) is 0 Å². The van der Waals surface area contributed by atoms with E-state index in [2.05, 4.69) is 20.8 Å². The summed E-state index contributed by atoms with van der Waals surface area (Å²) in [5, 5.41) is 8.84. The minimum Gasteiger partial charge on any atom is -0.396 e. The van der Waals surface area contributed by atoms with Gasteiger partial charge in [-0.3, -0.25) is 0 Å². The topological polar surface area (TPSA) is 20.2 Å². The van der Waals surface area contributed by atoms with Gasteiger partial charge in [-0.25, -0.2) is 0 Å². The van der Waals surface area contributed by atoms with Gasteiger partial charge in [0.15, 0.2) is 0 Å². The van der Waals surface area contributed by atoms with Gasteiger partial charge in [0.2, 0.25) is 0 Å². The summed E-state index contributed by atoms with van der Waals surface area (Å²) >= 11 is 0. The van der Waals surface area contributed by atoms with Gasteiger partial charge in [-0.05, 0) is 30.1 Å². The summed E-state index contributed by atoms with van der Waals surface area (Å²) in [6.07, 6.45) is 2.60.